The molecule has 7 heteroatoms. The SMILES string of the molecule is CC(=O)Nc1cc([N+](=O)[O-])ccc1N1CCC(N(C)C)C1. The standard InChI is InChI=1S/C14H20N4O3/c1-10(19)15-13-8-11(18(20)21)4-5-14(13)17-7-6-12(9-17)16(2)3/h4-5,8,12H,6-7,9H2,1-3H3,(H,15,19). The fraction of sp³-hybridized carbons (Fsp3) is 0.500. The third-order valence-corrected chi connectivity index (χ3v) is 3.74. The van der Waals surface area contributed by atoms with Crippen LogP contribution < -0.4 is 10.2 Å². The lowest BCUT2D eigenvalue weighted by atomic mass is 10.2. The largest absolute Gasteiger partial charge is 0.368 e. The van der Waals surface area contributed by atoms with Crippen LogP contribution in [0.4, 0.5) is 17.1 Å². The van der Waals surface area contributed by atoms with E-state index in [1.807, 2.05) is 14.1 Å². The number of nitrogens with one attached hydrogen (secondary N) is 1. The first kappa shape index (κ1) is 15.2. The number of anilines is 2. The summed E-state index contributed by atoms with van der Waals surface area (Å²) in [6.45, 7) is 3.11. The van der Waals surface area contributed by atoms with Gasteiger partial charge in [-0.15, -0.1) is 0 Å². The lowest BCUT2D eigenvalue weighted by Gasteiger charge is -2.23. The van der Waals surface area contributed by atoms with Crippen molar-refractivity contribution in [1.82, 2.24) is 4.90 Å². The molecule has 1 heterocycles. The second-order valence-corrected chi connectivity index (χ2v) is 5.49. The van der Waals surface area contributed by atoms with Gasteiger partial charge in [0.05, 0.1) is 16.3 Å². The van der Waals surface area contributed by atoms with Gasteiger partial charge in [0.25, 0.3) is 5.69 Å². The minimum absolute atomic E-state index is 0.0224. The number of carbonyl (C=O) groups excluding carboxylic acids is 1. The first-order chi connectivity index (χ1) is 9.88. The topological polar surface area (TPSA) is 78.7 Å². The average Bonchev–Trinajstić information content (AvgIpc) is 2.87. The molecular formula is C14H20N4O3. The van der Waals surface area contributed by atoms with Crippen LogP contribution in [0.3, 0.4) is 0 Å². The molecule has 21 heavy (non-hydrogen) atoms. The molecule has 1 saturated heterocycles. The predicted molar refractivity (Wildman–Crippen MR) is 81.7 cm³/mol. The van der Waals surface area contributed by atoms with Gasteiger partial charge in [-0.05, 0) is 26.6 Å². The summed E-state index contributed by atoms with van der Waals surface area (Å²) in [6.07, 6.45) is 1.03. The number of carbonyl (C=O) groups is 1. The van der Waals surface area contributed by atoms with Crippen molar-refractivity contribution in [3.8, 4) is 0 Å². The van der Waals surface area contributed by atoms with Crippen LogP contribution in [0, 0.1) is 10.1 Å². The van der Waals surface area contributed by atoms with Crippen molar-refractivity contribution in [2.45, 2.75) is 19.4 Å². The maximum atomic E-state index is 11.3. The number of rotatable bonds is 4. The Labute approximate surface area is 123 Å². The zero-order valence-corrected chi connectivity index (χ0v) is 12.5. The first-order valence-corrected chi connectivity index (χ1v) is 6.86. The van der Waals surface area contributed by atoms with Crippen LogP contribution in [0.15, 0.2) is 18.2 Å². The summed E-state index contributed by atoms with van der Waals surface area (Å²) in [5.74, 6) is -0.236. The van der Waals surface area contributed by atoms with E-state index in [-0.39, 0.29) is 11.6 Å². The van der Waals surface area contributed by atoms with E-state index in [1.165, 1.54) is 19.1 Å². The van der Waals surface area contributed by atoms with Gasteiger partial charge in [0.15, 0.2) is 0 Å². The van der Waals surface area contributed by atoms with Crippen molar-refractivity contribution in [1.29, 1.82) is 0 Å². The third kappa shape index (κ3) is 3.49. The van der Waals surface area contributed by atoms with E-state index < -0.39 is 4.92 Å². The highest BCUT2D eigenvalue weighted by Gasteiger charge is 2.26. The molecule has 1 aliphatic rings. The van der Waals surface area contributed by atoms with E-state index >= 15 is 0 Å². The number of amides is 1. The Morgan fingerprint density at radius 1 is 1.48 bits per heavy atom. The molecule has 0 saturated carbocycles. The molecule has 114 valence electrons. The van der Waals surface area contributed by atoms with Crippen LogP contribution in [-0.4, -0.2) is 49.0 Å². The molecule has 1 aliphatic heterocycles. The van der Waals surface area contributed by atoms with Gasteiger partial charge >= 0.3 is 0 Å². The summed E-state index contributed by atoms with van der Waals surface area (Å²) in [7, 11) is 4.08. The number of nitro benzene ring substituents is 1. The Hall–Kier alpha value is -2.15. The van der Waals surface area contributed by atoms with E-state index in [9.17, 15) is 14.9 Å². The fourth-order valence-electron chi connectivity index (χ4n) is 2.59. The molecule has 0 radical (unpaired) electrons. The van der Waals surface area contributed by atoms with Crippen molar-refractivity contribution in [2.24, 2.45) is 0 Å². The Morgan fingerprint density at radius 2 is 2.19 bits per heavy atom. The maximum absolute atomic E-state index is 11.3. The monoisotopic (exact) mass is 292 g/mol. The van der Waals surface area contributed by atoms with E-state index in [1.54, 1.807) is 6.07 Å². The van der Waals surface area contributed by atoms with Crippen LogP contribution in [0.1, 0.15) is 13.3 Å². The van der Waals surface area contributed by atoms with Gasteiger partial charge in [0, 0.05) is 38.2 Å². The number of hydrogen-bond acceptors (Lipinski definition) is 5. The number of nitro groups is 1. The molecule has 1 aromatic carbocycles. The normalized spacial score (nSPS) is 18.1. The van der Waals surface area contributed by atoms with Crippen molar-refractivity contribution in [2.75, 3.05) is 37.4 Å². The summed E-state index contributed by atoms with van der Waals surface area (Å²) < 4.78 is 0. The Morgan fingerprint density at radius 3 is 2.71 bits per heavy atom. The van der Waals surface area contributed by atoms with E-state index in [0.717, 1.165) is 25.2 Å². The molecule has 0 aromatic heterocycles. The molecular weight excluding hydrogens is 272 g/mol. The van der Waals surface area contributed by atoms with Crippen LogP contribution in [0.2, 0.25) is 0 Å². The molecule has 1 unspecified atom stereocenters. The summed E-state index contributed by atoms with van der Waals surface area (Å²) in [4.78, 5) is 26.1. The van der Waals surface area contributed by atoms with Crippen LogP contribution in [0.5, 0.6) is 0 Å². The quantitative estimate of drug-likeness (QED) is 0.675. The summed E-state index contributed by atoms with van der Waals surface area (Å²) in [5.41, 5.74) is 1.31. The molecule has 1 fully saturated rings. The van der Waals surface area contributed by atoms with E-state index in [0.29, 0.717) is 11.7 Å². The van der Waals surface area contributed by atoms with Gasteiger partial charge in [-0.2, -0.15) is 0 Å². The van der Waals surface area contributed by atoms with Gasteiger partial charge < -0.3 is 15.1 Å². The number of likely N-dealkylation sites (N-methyl/N-ethyl adjacent to an activating group) is 1. The van der Waals surface area contributed by atoms with Crippen molar-refractivity contribution in [3.05, 3.63) is 28.3 Å². The lowest BCUT2D eigenvalue weighted by Crippen LogP contribution is -2.31. The van der Waals surface area contributed by atoms with Crippen molar-refractivity contribution < 1.29 is 9.72 Å². The molecule has 7 nitrogen and oxygen atoms in total. The lowest BCUT2D eigenvalue weighted by molar-refractivity contribution is -0.384. The summed E-state index contributed by atoms with van der Waals surface area (Å²) >= 11 is 0. The minimum Gasteiger partial charge on any atom is -0.368 e. The molecule has 0 spiro atoms. The van der Waals surface area contributed by atoms with Gasteiger partial charge in [-0.1, -0.05) is 0 Å². The van der Waals surface area contributed by atoms with Gasteiger partial charge in [-0.3, -0.25) is 14.9 Å². The fourth-order valence-corrected chi connectivity index (χ4v) is 2.59. The average molecular weight is 292 g/mol. The number of hydrogen-bond donors (Lipinski definition) is 1. The molecule has 0 aliphatic carbocycles. The maximum Gasteiger partial charge on any atom is 0.271 e. The summed E-state index contributed by atoms with van der Waals surface area (Å²) in [5, 5.41) is 13.6. The summed E-state index contributed by atoms with van der Waals surface area (Å²) in [6, 6.07) is 5.05. The highest BCUT2D eigenvalue weighted by molar-refractivity contribution is 5.93. The highest BCUT2D eigenvalue weighted by Crippen LogP contribution is 2.33. The molecule has 1 amide bonds. The number of non-ortho nitro benzene ring substituents is 1. The zero-order valence-electron chi connectivity index (χ0n) is 12.5. The van der Waals surface area contributed by atoms with Gasteiger partial charge in [0.1, 0.15) is 0 Å². The van der Waals surface area contributed by atoms with Gasteiger partial charge in [0.2, 0.25) is 5.91 Å². The molecule has 1 N–H and O–H groups in total. The second-order valence-electron chi connectivity index (χ2n) is 5.49. The van der Waals surface area contributed by atoms with Crippen molar-refractivity contribution >= 4 is 23.0 Å². The smallest absolute Gasteiger partial charge is 0.271 e. The van der Waals surface area contributed by atoms with Crippen LogP contribution in [0.25, 0.3) is 0 Å². The third-order valence-electron chi connectivity index (χ3n) is 3.74. The van der Waals surface area contributed by atoms with Crippen LogP contribution in [-0.2, 0) is 4.79 Å². The Kier molecular flexibility index (Phi) is 4.42. The van der Waals surface area contributed by atoms with Crippen LogP contribution >= 0.6 is 0 Å². The minimum atomic E-state index is -0.457. The molecule has 1 aromatic rings. The predicted octanol–water partition coefficient (Wildman–Crippen LogP) is 1.69. The second kappa shape index (κ2) is 6.09. The Bertz CT molecular complexity index is 559. The van der Waals surface area contributed by atoms with E-state index in [4.69, 9.17) is 0 Å². The zero-order chi connectivity index (χ0) is 15.6. The number of nitrogens with zero attached hydrogens (tertiary/aromatic N) is 3. The van der Waals surface area contributed by atoms with E-state index in [2.05, 4.69) is 15.1 Å². The molecule has 1 atom stereocenters. The van der Waals surface area contributed by atoms with Gasteiger partial charge in [-0.25, -0.2) is 0 Å². The highest BCUT2D eigenvalue weighted by atomic mass is 16.6. The first-order valence-electron chi connectivity index (χ1n) is 6.86. The van der Waals surface area contributed by atoms with Crippen molar-refractivity contribution in [3.63, 3.8) is 0 Å². The number of benzene rings is 1. The molecule has 0 bridgehead atoms. The molecule has 2 rings (SSSR count). The Balaban J connectivity index is 2.30.